The minimum Gasteiger partial charge on any atom is -0.376 e. The van der Waals surface area contributed by atoms with E-state index >= 15 is 0 Å². The van der Waals surface area contributed by atoms with Crippen molar-refractivity contribution >= 4 is 5.91 Å². The molecule has 1 saturated heterocycles. The van der Waals surface area contributed by atoms with Gasteiger partial charge in [-0.15, -0.1) is 0 Å². The van der Waals surface area contributed by atoms with Gasteiger partial charge in [-0.2, -0.15) is 5.26 Å². The summed E-state index contributed by atoms with van der Waals surface area (Å²) in [6.07, 6.45) is 3.94. The van der Waals surface area contributed by atoms with Gasteiger partial charge in [-0.25, -0.2) is 0 Å². The molecule has 1 aliphatic rings. The number of carbonyl (C=O) groups excluding carboxylic acids is 1. The van der Waals surface area contributed by atoms with E-state index in [0.29, 0.717) is 0 Å². The van der Waals surface area contributed by atoms with Gasteiger partial charge >= 0.3 is 0 Å². The van der Waals surface area contributed by atoms with Gasteiger partial charge in [0, 0.05) is 24.8 Å². The zero-order valence-corrected chi connectivity index (χ0v) is 10.2. The third-order valence-corrected chi connectivity index (χ3v) is 2.31. The van der Waals surface area contributed by atoms with Crippen LogP contribution in [0.1, 0.15) is 33.6 Å². The van der Waals surface area contributed by atoms with Gasteiger partial charge in [0.25, 0.3) is 5.91 Å². The summed E-state index contributed by atoms with van der Waals surface area (Å²) in [6.45, 7) is 7.57. The van der Waals surface area contributed by atoms with Crippen molar-refractivity contribution in [3.63, 3.8) is 0 Å². The van der Waals surface area contributed by atoms with E-state index in [1.165, 1.54) is 0 Å². The molecule has 88 valence electrons. The van der Waals surface area contributed by atoms with Crippen LogP contribution in [0.25, 0.3) is 0 Å². The Morgan fingerprint density at radius 3 is 2.38 bits per heavy atom. The topological polar surface area (TPSA) is 56.1 Å². The van der Waals surface area contributed by atoms with Crippen LogP contribution in [0.3, 0.4) is 0 Å². The van der Waals surface area contributed by atoms with Crippen molar-refractivity contribution in [3.8, 4) is 6.07 Å². The Morgan fingerprint density at radius 2 is 1.94 bits per heavy atom. The first-order chi connectivity index (χ1) is 7.42. The maximum absolute atomic E-state index is 11.7. The largest absolute Gasteiger partial charge is 0.376 e. The van der Waals surface area contributed by atoms with Crippen molar-refractivity contribution in [1.82, 2.24) is 10.2 Å². The molecule has 0 aromatic heterocycles. The summed E-state index contributed by atoms with van der Waals surface area (Å²) in [7, 11) is 0. The van der Waals surface area contributed by atoms with Gasteiger partial charge in [0.15, 0.2) is 0 Å². The Balaban J connectivity index is 2.67. The highest BCUT2D eigenvalue weighted by atomic mass is 16.1. The van der Waals surface area contributed by atoms with Gasteiger partial charge in [-0.05, 0) is 33.6 Å². The number of rotatable bonds is 2. The average Bonchev–Trinajstić information content (AvgIpc) is 2.63. The molecule has 1 heterocycles. The highest BCUT2D eigenvalue weighted by Crippen LogP contribution is 2.10. The van der Waals surface area contributed by atoms with Gasteiger partial charge in [0.05, 0.1) is 0 Å². The fourth-order valence-corrected chi connectivity index (χ4v) is 1.60. The zero-order valence-electron chi connectivity index (χ0n) is 10.2. The molecule has 1 fully saturated rings. The van der Waals surface area contributed by atoms with Crippen molar-refractivity contribution in [3.05, 3.63) is 11.8 Å². The predicted octanol–water partition coefficient (Wildman–Crippen LogP) is 1.40. The van der Waals surface area contributed by atoms with E-state index in [9.17, 15) is 4.79 Å². The monoisotopic (exact) mass is 221 g/mol. The molecular formula is C12H19N3O. The second-order valence-corrected chi connectivity index (χ2v) is 5.10. The van der Waals surface area contributed by atoms with E-state index in [-0.39, 0.29) is 17.0 Å². The summed E-state index contributed by atoms with van der Waals surface area (Å²) >= 11 is 0. The van der Waals surface area contributed by atoms with Crippen LogP contribution in [0.4, 0.5) is 0 Å². The number of nitrogens with one attached hydrogen (secondary N) is 1. The molecule has 0 spiro atoms. The molecular weight excluding hydrogens is 202 g/mol. The molecule has 0 aromatic carbocycles. The van der Waals surface area contributed by atoms with E-state index in [0.717, 1.165) is 25.9 Å². The van der Waals surface area contributed by atoms with Crippen LogP contribution in [0, 0.1) is 11.3 Å². The second-order valence-electron chi connectivity index (χ2n) is 5.10. The second kappa shape index (κ2) is 5.02. The highest BCUT2D eigenvalue weighted by molar-refractivity contribution is 5.97. The maximum atomic E-state index is 11.7. The summed E-state index contributed by atoms with van der Waals surface area (Å²) < 4.78 is 0. The van der Waals surface area contributed by atoms with Crippen molar-refractivity contribution in [2.45, 2.75) is 39.2 Å². The molecule has 0 saturated carbocycles. The van der Waals surface area contributed by atoms with Gasteiger partial charge in [0.1, 0.15) is 11.6 Å². The average molecular weight is 221 g/mol. The predicted molar refractivity (Wildman–Crippen MR) is 62.4 cm³/mol. The normalized spacial score (nSPS) is 17.1. The molecule has 1 amide bonds. The number of hydrogen-bond donors (Lipinski definition) is 1. The lowest BCUT2D eigenvalue weighted by Crippen LogP contribution is -2.41. The molecule has 0 aliphatic carbocycles. The van der Waals surface area contributed by atoms with Crippen LogP contribution in [-0.2, 0) is 4.79 Å². The number of hydrogen-bond acceptors (Lipinski definition) is 3. The summed E-state index contributed by atoms with van der Waals surface area (Å²) in [5.41, 5.74) is -0.116. The lowest BCUT2D eigenvalue weighted by atomic mass is 10.1. The first-order valence-corrected chi connectivity index (χ1v) is 5.61. The Morgan fingerprint density at radius 1 is 1.38 bits per heavy atom. The van der Waals surface area contributed by atoms with Crippen molar-refractivity contribution in [2.75, 3.05) is 13.1 Å². The first-order valence-electron chi connectivity index (χ1n) is 5.61. The molecule has 1 N–H and O–H groups in total. The minimum absolute atomic E-state index is 0.192. The van der Waals surface area contributed by atoms with E-state index in [4.69, 9.17) is 5.26 Å². The van der Waals surface area contributed by atoms with E-state index < -0.39 is 0 Å². The number of nitriles is 1. The molecule has 16 heavy (non-hydrogen) atoms. The molecule has 4 heteroatoms. The molecule has 1 rings (SSSR count). The van der Waals surface area contributed by atoms with Gasteiger partial charge in [0.2, 0.25) is 0 Å². The molecule has 0 radical (unpaired) electrons. The molecule has 0 atom stereocenters. The van der Waals surface area contributed by atoms with Gasteiger partial charge in [-0.3, -0.25) is 4.79 Å². The van der Waals surface area contributed by atoms with Crippen molar-refractivity contribution < 1.29 is 4.79 Å². The quantitative estimate of drug-likeness (QED) is 0.566. The van der Waals surface area contributed by atoms with Gasteiger partial charge in [-0.1, -0.05) is 0 Å². The number of amides is 1. The van der Waals surface area contributed by atoms with E-state index in [1.54, 1.807) is 6.20 Å². The summed E-state index contributed by atoms with van der Waals surface area (Å²) in [6, 6.07) is 1.96. The third-order valence-electron chi connectivity index (χ3n) is 2.31. The van der Waals surface area contributed by atoms with Crippen LogP contribution in [-0.4, -0.2) is 29.4 Å². The first kappa shape index (κ1) is 12.6. The molecule has 1 aliphatic heterocycles. The lowest BCUT2D eigenvalue weighted by Gasteiger charge is -2.20. The molecule has 0 aromatic rings. The smallest absolute Gasteiger partial charge is 0.263 e. The van der Waals surface area contributed by atoms with Crippen LogP contribution < -0.4 is 5.32 Å². The number of carbonyl (C=O) groups is 1. The number of nitrogens with zero attached hydrogens (tertiary/aromatic N) is 2. The molecule has 0 unspecified atom stereocenters. The fraction of sp³-hybridized carbons (Fsp3) is 0.667. The molecule has 4 nitrogen and oxygen atoms in total. The van der Waals surface area contributed by atoms with Crippen molar-refractivity contribution in [2.24, 2.45) is 0 Å². The Bertz CT molecular complexity index is 327. The summed E-state index contributed by atoms with van der Waals surface area (Å²) in [4.78, 5) is 13.8. The minimum atomic E-state index is -0.308. The van der Waals surface area contributed by atoms with Crippen LogP contribution >= 0.6 is 0 Å². The Hall–Kier alpha value is -1.50. The van der Waals surface area contributed by atoms with Crippen molar-refractivity contribution in [1.29, 1.82) is 5.26 Å². The fourth-order valence-electron chi connectivity index (χ4n) is 1.60. The van der Waals surface area contributed by atoms with Crippen LogP contribution in [0.5, 0.6) is 0 Å². The van der Waals surface area contributed by atoms with E-state index in [2.05, 4.69) is 5.32 Å². The van der Waals surface area contributed by atoms with E-state index in [1.807, 2.05) is 31.7 Å². The lowest BCUT2D eigenvalue weighted by molar-refractivity contribution is -0.118. The van der Waals surface area contributed by atoms with Crippen LogP contribution in [0.2, 0.25) is 0 Å². The maximum Gasteiger partial charge on any atom is 0.263 e. The molecule has 0 bridgehead atoms. The summed E-state index contributed by atoms with van der Waals surface area (Å²) in [5, 5.41) is 11.7. The highest BCUT2D eigenvalue weighted by Gasteiger charge is 2.18. The Kier molecular flexibility index (Phi) is 3.94. The summed E-state index contributed by atoms with van der Waals surface area (Å²) in [5.74, 6) is -0.290. The van der Waals surface area contributed by atoms with Crippen LogP contribution in [0.15, 0.2) is 11.8 Å². The standard InChI is InChI=1S/C12H19N3O/c1-12(2,3)14-11(16)10(8-13)9-15-6-4-5-7-15/h9H,4-7H2,1-3H3,(H,14,16)/b10-9-. The SMILES string of the molecule is CC(C)(C)NC(=O)/C(C#N)=C\N1CCCC1. The zero-order chi connectivity index (χ0) is 12.2. The van der Waals surface area contributed by atoms with Gasteiger partial charge < -0.3 is 10.2 Å². The third kappa shape index (κ3) is 3.93. The number of likely N-dealkylation sites (tertiary alicyclic amines) is 1. The Labute approximate surface area is 96.9 Å².